The first-order valence-electron chi connectivity index (χ1n) is 3.55. The standard InChI is InChI=1S/C9H7Br2ClO/c10-7-4-6(2-1-3-12)5-8(11)9(7)13/h1-2,4-5,13H,3H2. The molecule has 0 amide bonds. The van der Waals surface area contributed by atoms with E-state index in [2.05, 4.69) is 31.9 Å². The molecule has 1 aromatic carbocycles. The summed E-state index contributed by atoms with van der Waals surface area (Å²) in [5.41, 5.74) is 0.984. The molecule has 1 rings (SSSR count). The summed E-state index contributed by atoms with van der Waals surface area (Å²) in [4.78, 5) is 0. The van der Waals surface area contributed by atoms with E-state index in [4.69, 9.17) is 11.6 Å². The molecular weight excluding hydrogens is 319 g/mol. The van der Waals surface area contributed by atoms with Gasteiger partial charge in [0.25, 0.3) is 0 Å². The van der Waals surface area contributed by atoms with Crippen LogP contribution in [-0.2, 0) is 0 Å². The predicted octanol–water partition coefficient (Wildman–Crippen LogP) is 4.17. The summed E-state index contributed by atoms with van der Waals surface area (Å²) in [6, 6.07) is 3.65. The molecule has 0 aliphatic heterocycles. The fourth-order valence-corrected chi connectivity index (χ4v) is 2.17. The van der Waals surface area contributed by atoms with Crippen LogP contribution < -0.4 is 0 Å². The van der Waals surface area contributed by atoms with Crippen molar-refractivity contribution in [3.8, 4) is 5.75 Å². The molecule has 0 bridgehead atoms. The second-order valence-corrected chi connectivity index (χ2v) is 4.41. The topological polar surface area (TPSA) is 20.2 Å². The second-order valence-electron chi connectivity index (χ2n) is 2.39. The van der Waals surface area contributed by atoms with Crippen molar-refractivity contribution in [2.45, 2.75) is 0 Å². The lowest BCUT2D eigenvalue weighted by Gasteiger charge is -2.01. The average molecular weight is 326 g/mol. The van der Waals surface area contributed by atoms with Crippen LogP contribution in [-0.4, -0.2) is 11.0 Å². The Hall–Kier alpha value is 0.01000. The summed E-state index contributed by atoms with van der Waals surface area (Å²) < 4.78 is 1.33. The van der Waals surface area contributed by atoms with Crippen molar-refractivity contribution in [1.82, 2.24) is 0 Å². The van der Waals surface area contributed by atoms with Crippen molar-refractivity contribution in [2.75, 3.05) is 5.88 Å². The van der Waals surface area contributed by atoms with E-state index in [1.165, 1.54) is 0 Å². The normalized spacial score (nSPS) is 11.0. The number of allylic oxidation sites excluding steroid dienone is 1. The molecule has 1 nitrogen and oxygen atoms in total. The highest BCUT2D eigenvalue weighted by atomic mass is 79.9. The van der Waals surface area contributed by atoms with Gasteiger partial charge in [0.05, 0.1) is 8.95 Å². The number of phenolic OH excluding ortho intramolecular Hbond substituents is 1. The van der Waals surface area contributed by atoms with Crippen molar-refractivity contribution in [3.05, 3.63) is 32.7 Å². The van der Waals surface area contributed by atoms with Crippen molar-refractivity contribution in [1.29, 1.82) is 0 Å². The van der Waals surface area contributed by atoms with Gasteiger partial charge in [-0.1, -0.05) is 12.2 Å². The van der Waals surface area contributed by atoms with Gasteiger partial charge in [0.1, 0.15) is 5.75 Å². The number of rotatable bonds is 2. The van der Waals surface area contributed by atoms with Gasteiger partial charge in [0.15, 0.2) is 0 Å². The second kappa shape index (κ2) is 5.03. The van der Waals surface area contributed by atoms with E-state index >= 15 is 0 Å². The summed E-state index contributed by atoms with van der Waals surface area (Å²) in [6.45, 7) is 0. The predicted molar refractivity (Wildman–Crippen MR) is 63.3 cm³/mol. The molecule has 0 heterocycles. The van der Waals surface area contributed by atoms with E-state index in [0.717, 1.165) is 5.56 Å². The minimum Gasteiger partial charge on any atom is -0.506 e. The van der Waals surface area contributed by atoms with Gasteiger partial charge in [-0.25, -0.2) is 0 Å². The third-order valence-electron chi connectivity index (χ3n) is 1.44. The monoisotopic (exact) mass is 324 g/mol. The minimum absolute atomic E-state index is 0.211. The number of benzene rings is 1. The van der Waals surface area contributed by atoms with Gasteiger partial charge >= 0.3 is 0 Å². The molecule has 0 aliphatic carbocycles. The average Bonchev–Trinajstić information content (AvgIpc) is 2.10. The maximum absolute atomic E-state index is 9.41. The molecule has 0 aliphatic rings. The molecule has 0 radical (unpaired) electrons. The van der Waals surface area contributed by atoms with Gasteiger partial charge in [-0.15, -0.1) is 11.6 Å². The van der Waals surface area contributed by atoms with Crippen LogP contribution in [0.3, 0.4) is 0 Å². The highest BCUT2D eigenvalue weighted by Gasteiger charge is 2.03. The van der Waals surface area contributed by atoms with Crippen molar-refractivity contribution in [2.24, 2.45) is 0 Å². The summed E-state index contributed by atoms with van der Waals surface area (Å²) in [5.74, 6) is 0.693. The Morgan fingerprint density at radius 1 is 1.31 bits per heavy atom. The van der Waals surface area contributed by atoms with Crippen molar-refractivity contribution in [3.63, 3.8) is 0 Å². The number of alkyl halides is 1. The highest BCUT2D eigenvalue weighted by molar-refractivity contribution is 9.11. The first-order chi connectivity index (χ1) is 6.15. The van der Waals surface area contributed by atoms with Crippen LogP contribution in [0.2, 0.25) is 0 Å². The lowest BCUT2D eigenvalue weighted by atomic mass is 10.2. The number of hydrogen-bond acceptors (Lipinski definition) is 1. The molecule has 0 atom stereocenters. The fraction of sp³-hybridized carbons (Fsp3) is 0.111. The zero-order valence-corrected chi connectivity index (χ0v) is 10.5. The minimum atomic E-state index is 0.211. The van der Waals surface area contributed by atoms with Crippen LogP contribution in [0.1, 0.15) is 5.56 Å². The number of phenols is 1. The third-order valence-corrected chi connectivity index (χ3v) is 2.83. The number of halogens is 3. The molecule has 70 valence electrons. The largest absolute Gasteiger partial charge is 0.506 e. The van der Waals surface area contributed by atoms with Gasteiger partial charge in [-0.3, -0.25) is 0 Å². The summed E-state index contributed by atoms with van der Waals surface area (Å²) in [5, 5.41) is 9.41. The van der Waals surface area contributed by atoms with Crippen molar-refractivity contribution >= 4 is 49.5 Å². The smallest absolute Gasteiger partial charge is 0.143 e. The molecule has 4 heteroatoms. The Kier molecular flexibility index (Phi) is 4.29. The van der Waals surface area contributed by atoms with E-state index < -0.39 is 0 Å². The molecular formula is C9H7Br2ClO. The number of aromatic hydroxyl groups is 1. The van der Waals surface area contributed by atoms with E-state index in [-0.39, 0.29) is 5.75 Å². The van der Waals surface area contributed by atoms with Crippen LogP contribution in [0.5, 0.6) is 5.75 Å². The Morgan fingerprint density at radius 2 is 1.85 bits per heavy atom. The van der Waals surface area contributed by atoms with Gasteiger partial charge in [0, 0.05) is 5.88 Å². The summed E-state index contributed by atoms with van der Waals surface area (Å²) >= 11 is 12.0. The highest BCUT2D eigenvalue weighted by Crippen LogP contribution is 2.33. The molecule has 0 aromatic heterocycles. The van der Waals surface area contributed by atoms with E-state index in [0.29, 0.717) is 14.8 Å². The van der Waals surface area contributed by atoms with Crippen LogP contribution in [0.4, 0.5) is 0 Å². The Labute approximate surface area is 98.7 Å². The number of hydrogen-bond donors (Lipinski definition) is 1. The quantitative estimate of drug-likeness (QED) is 0.809. The molecule has 1 N–H and O–H groups in total. The SMILES string of the molecule is Oc1c(Br)cc(C=CCCl)cc1Br. The van der Waals surface area contributed by atoms with Crippen LogP contribution >= 0.6 is 43.5 Å². The van der Waals surface area contributed by atoms with Gasteiger partial charge < -0.3 is 5.11 Å². The van der Waals surface area contributed by atoms with Gasteiger partial charge in [-0.2, -0.15) is 0 Å². The maximum Gasteiger partial charge on any atom is 0.143 e. The van der Waals surface area contributed by atoms with Crippen LogP contribution in [0.15, 0.2) is 27.2 Å². The van der Waals surface area contributed by atoms with Gasteiger partial charge in [0.2, 0.25) is 0 Å². The summed E-state index contributed by atoms with van der Waals surface area (Å²) in [6.07, 6.45) is 3.73. The fourth-order valence-electron chi connectivity index (χ4n) is 0.862. The van der Waals surface area contributed by atoms with E-state index in [9.17, 15) is 5.11 Å². The molecule has 0 spiro atoms. The third kappa shape index (κ3) is 3.01. The Bertz CT molecular complexity index is 313. The van der Waals surface area contributed by atoms with Crippen LogP contribution in [0.25, 0.3) is 6.08 Å². The van der Waals surface area contributed by atoms with Crippen LogP contribution in [0, 0.1) is 0 Å². The first kappa shape index (κ1) is 11.1. The van der Waals surface area contributed by atoms with E-state index in [1.807, 2.05) is 24.3 Å². The lowest BCUT2D eigenvalue weighted by molar-refractivity contribution is 0.468. The Balaban J connectivity index is 3.06. The van der Waals surface area contributed by atoms with Gasteiger partial charge in [-0.05, 0) is 49.6 Å². The Morgan fingerprint density at radius 3 is 2.31 bits per heavy atom. The maximum atomic E-state index is 9.41. The zero-order valence-electron chi connectivity index (χ0n) is 6.60. The molecule has 0 saturated carbocycles. The summed E-state index contributed by atoms with van der Waals surface area (Å²) in [7, 11) is 0. The first-order valence-corrected chi connectivity index (χ1v) is 5.67. The molecule has 0 saturated heterocycles. The molecule has 13 heavy (non-hydrogen) atoms. The molecule has 0 unspecified atom stereocenters. The zero-order chi connectivity index (χ0) is 9.84. The van der Waals surface area contributed by atoms with Crippen molar-refractivity contribution < 1.29 is 5.11 Å². The molecule has 1 aromatic rings. The molecule has 0 fully saturated rings. The van der Waals surface area contributed by atoms with E-state index in [1.54, 1.807) is 0 Å². The lowest BCUT2D eigenvalue weighted by Crippen LogP contribution is -1.77.